The monoisotopic (exact) mass is 441 g/mol. The molecule has 1 atom stereocenters. The van der Waals surface area contributed by atoms with E-state index in [-0.39, 0.29) is 21.8 Å². The Kier molecular flexibility index (Phi) is 5.13. The third kappa shape index (κ3) is 3.96. The molecular weight excluding hydrogens is 425 g/mol. The van der Waals surface area contributed by atoms with Gasteiger partial charge in [-0.3, -0.25) is 4.79 Å². The number of amides is 1. The van der Waals surface area contributed by atoms with Crippen LogP contribution in [0.4, 0.5) is 27.1 Å². The highest BCUT2D eigenvalue weighted by Gasteiger charge is 2.35. The lowest BCUT2D eigenvalue weighted by Gasteiger charge is -2.17. The van der Waals surface area contributed by atoms with Gasteiger partial charge in [-0.1, -0.05) is 23.0 Å². The average Bonchev–Trinajstić information content (AvgIpc) is 3.28. The molecule has 4 nitrogen and oxygen atoms in total. The van der Waals surface area contributed by atoms with Crippen LogP contribution in [0.1, 0.15) is 27.9 Å². The Morgan fingerprint density at radius 2 is 1.97 bits per heavy atom. The molecule has 4 rings (SSSR count). The molecule has 0 aliphatic carbocycles. The maximum atomic E-state index is 14.0. The Hall–Kier alpha value is -2.75. The van der Waals surface area contributed by atoms with E-state index in [0.29, 0.717) is 24.6 Å². The zero-order valence-corrected chi connectivity index (χ0v) is 16.5. The van der Waals surface area contributed by atoms with Gasteiger partial charge >= 0.3 is 6.18 Å². The van der Waals surface area contributed by atoms with Gasteiger partial charge in [0, 0.05) is 25.2 Å². The second kappa shape index (κ2) is 7.50. The van der Waals surface area contributed by atoms with E-state index in [1.165, 1.54) is 17.0 Å². The van der Waals surface area contributed by atoms with Gasteiger partial charge in [-0.25, -0.2) is 13.8 Å². The van der Waals surface area contributed by atoms with E-state index in [4.69, 9.17) is 0 Å². The third-order valence-corrected chi connectivity index (χ3v) is 5.89. The van der Waals surface area contributed by atoms with Crippen molar-refractivity contribution in [2.24, 2.45) is 0 Å². The Bertz CT molecular complexity index is 1130. The fourth-order valence-corrected chi connectivity index (χ4v) is 4.40. The molecule has 2 heterocycles. The van der Waals surface area contributed by atoms with E-state index >= 15 is 0 Å². The summed E-state index contributed by atoms with van der Waals surface area (Å²) in [5.74, 6) is -2.37. The van der Waals surface area contributed by atoms with Crippen LogP contribution >= 0.6 is 11.3 Å². The van der Waals surface area contributed by atoms with Gasteiger partial charge in [-0.15, -0.1) is 0 Å². The number of thiazole rings is 1. The molecule has 10 heteroatoms. The molecule has 0 spiro atoms. The van der Waals surface area contributed by atoms with Crippen LogP contribution in [-0.2, 0) is 6.18 Å². The van der Waals surface area contributed by atoms with Crippen molar-refractivity contribution < 1.29 is 26.7 Å². The predicted molar refractivity (Wildman–Crippen MR) is 104 cm³/mol. The average molecular weight is 441 g/mol. The third-order valence-electron chi connectivity index (χ3n) is 4.94. The molecule has 1 amide bonds. The van der Waals surface area contributed by atoms with Gasteiger partial charge in [0.05, 0.1) is 21.3 Å². The van der Waals surface area contributed by atoms with Crippen LogP contribution in [0.3, 0.4) is 0 Å². The van der Waals surface area contributed by atoms with Crippen molar-refractivity contribution in [1.82, 2.24) is 9.88 Å². The fraction of sp³-hybridized carbons (Fsp3) is 0.300. The van der Waals surface area contributed by atoms with E-state index in [0.717, 1.165) is 29.0 Å². The molecule has 0 radical (unpaired) electrons. The summed E-state index contributed by atoms with van der Waals surface area (Å²) in [7, 11) is 0. The van der Waals surface area contributed by atoms with E-state index in [2.05, 4.69) is 10.3 Å². The number of aryl methyl sites for hydroxylation is 1. The molecular formula is C20H16F5N3OS. The number of likely N-dealkylation sites (tertiary alicyclic amines) is 1. The van der Waals surface area contributed by atoms with Crippen LogP contribution in [0.15, 0.2) is 30.3 Å². The first-order valence-corrected chi connectivity index (χ1v) is 9.92. The molecule has 0 saturated carbocycles. The first-order chi connectivity index (χ1) is 14.1. The number of rotatable bonds is 3. The summed E-state index contributed by atoms with van der Waals surface area (Å²) in [4.78, 5) is 18.3. The minimum absolute atomic E-state index is 0.00536. The lowest BCUT2D eigenvalue weighted by Crippen LogP contribution is -2.32. The second-order valence-electron chi connectivity index (χ2n) is 7.18. The zero-order chi connectivity index (χ0) is 21.6. The summed E-state index contributed by atoms with van der Waals surface area (Å²) in [5.41, 5.74) is -0.428. The number of carbonyl (C=O) groups excluding carboxylic acids is 1. The second-order valence-corrected chi connectivity index (χ2v) is 8.21. The minimum Gasteiger partial charge on any atom is -0.357 e. The maximum absolute atomic E-state index is 14.0. The van der Waals surface area contributed by atoms with Crippen molar-refractivity contribution in [3.8, 4) is 0 Å². The Labute approximate surface area is 172 Å². The van der Waals surface area contributed by atoms with Gasteiger partial charge in [0.25, 0.3) is 5.91 Å². The Balaban J connectivity index is 1.48. The van der Waals surface area contributed by atoms with E-state index in [9.17, 15) is 26.7 Å². The summed E-state index contributed by atoms with van der Waals surface area (Å²) < 4.78 is 66.6. The normalized spacial score (nSPS) is 17.0. The molecule has 1 aliphatic heterocycles. The van der Waals surface area contributed by atoms with Crippen LogP contribution < -0.4 is 5.32 Å². The van der Waals surface area contributed by atoms with Crippen molar-refractivity contribution >= 4 is 32.6 Å². The highest BCUT2D eigenvalue weighted by Crippen LogP contribution is 2.36. The van der Waals surface area contributed by atoms with Crippen LogP contribution in [-0.4, -0.2) is 34.9 Å². The Morgan fingerprint density at radius 3 is 2.70 bits per heavy atom. The largest absolute Gasteiger partial charge is 0.419 e. The van der Waals surface area contributed by atoms with E-state index in [1.54, 1.807) is 13.0 Å². The molecule has 1 aliphatic rings. The number of halogens is 5. The van der Waals surface area contributed by atoms with Crippen LogP contribution in [0, 0.1) is 18.6 Å². The van der Waals surface area contributed by atoms with Crippen molar-refractivity contribution in [1.29, 1.82) is 0 Å². The smallest absolute Gasteiger partial charge is 0.357 e. The van der Waals surface area contributed by atoms with Gasteiger partial charge in [0.1, 0.15) is 11.6 Å². The molecule has 1 saturated heterocycles. The number of nitrogens with one attached hydrogen (secondary N) is 1. The predicted octanol–water partition coefficient (Wildman–Crippen LogP) is 5.23. The van der Waals surface area contributed by atoms with Crippen molar-refractivity contribution in [2.75, 3.05) is 18.4 Å². The van der Waals surface area contributed by atoms with Gasteiger partial charge < -0.3 is 10.2 Å². The van der Waals surface area contributed by atoms with Gasteiger partial charge in [0.2, 0.25) is 0 Å². The summed E-state index contributed by atoms with van der Waals surface area (Å²) in [6, 6.07) is 5.65. The molecule has 0 bridgehead atoms. The molecule has 1 fully saturated rings. The minimum atomic E-state index is -4.78. The quantitative estimate of drug-likeness (QED) is 0.567. The van der Waals surface area contributed by atoms with Gasteiger partial charge in [0.15, 0.2) is 5.13 Å². The molecule has 2 aromatic carbocycles. The highest BCUT2D eigenvalue weighted by atomic mass is 32.1. The summed E-state index contributed by atoms with van der Waals surface area (Å²) in [5, 5.41) is 3.42. The number of nitrogens with zero attached hydrogens (tertiary/aromatic N) is 2. The number of aromatic nitrogens is 1. The number of alkyl halides is 3. The summed E-state index contributed by atoms with van der Waals surface area (Å²) in [6.07, 6.45) is -4.22. The number of benzene rings is 2. The lowest BCUT2D eigenvalue weighted by molar-refractivity contribution is -0.139. The molecule has 1 aromatic heterocycles. The molecule has 158 valence electrons. The first-order valence-electron chi connectivity index (χ1n) is 9.11. The van der Waals surface area contributed by atoms with Crippen molar-refractivity contribution in [3.05, 3.63) is 58.7 Å². The zero-order valence-electron chi connectivity index (χ0n) is 15.7. The standard InChI is InChI=1S/C20H16F5N3OS/c1-10-2-3-14(21)12(6-10)18(29)28-5-4-11(9-28)26-19-27-16-8-15(22)13(20(23,24)25)7-17(16)30-19/h2-3,6-8,11H,4-5,9H2,1H3,(H,26,27)/t11-/m1/s1. The van der Waals surface area contributed by atoms with Gasteiger partial charge in [-0.05, 0) is 31.5 Å². The number of fused-ring (bicyclic) bond motifs is 1. The van der Waals surface area contributed by atoms with Crippen LogP contribution in [0.25, 0.3) is 10.2 Å². The number of hydrogen-bond acceptors (Lipinski definition) is 4. The number of hydrogen-bond donors (Lipinski definition) is 1. The van der Waals surface area contributed by atoms with Crippen molar-refractivity contribution in [2.45, 2.75) is 25.6 Å². The number of anilines is 1. The lowest BCUT2D eigenvalue weighted by atomic mass is 10.1. The van der Waals surface area contributed by atoms with E-state index in [1.807, 2.05) is 0 Å². The maximum Gasteiger partial charge on any atom is 0.419 e. The van der Waals surface area contributed by atoms with Crippen molar-refractivity contribution in [3.63, 3.8) is 0 Å². The van der Waals surface area contributed by atoms with Gasteiger partial charge in [-0.2, -0.15) is 13.2 Å². The summed E-state index contributed by atoms with van der Waals surface area (Å²) >= 11 is 0.981. The molecule has 3 aromatic rings. The highest BCUT2D eigenvalue weighted by molar-refractivity contribution is 7.22. The SMILES string of the molecule is Cc1ccc(F)c(C(=O)N2CC[C@@H](Nc3nc4cc(F)c(C(F)(F)F)cc4s3)C2)c1. The fourth-order valence-electron chi connectivity index (χ4n) is 3.44. The number of carbonyl (C=O) groups is 1. The summed E-state index contributed by atoms with van der Waals surface area (Å²) in [6.45, 7) is 2.47. The topological polar surface area (TPSA) is 45.2 Å². The van der Waals surface area contributed by atoms with Crippen LogP contribution in [0.5, 0.6) is 0 Å². The molecule has 30 heavy (non-hydrogen) atoms. The van der Waals surface area contributed by atoms with Crippen LogP contribution in [0.2, 0.25) is 0 Å². The van der Waals surface area contributed by atoms with E-state index < -0.39 is 29.3 Å². The molecule has 1 N–H and O–H groups in total. The molecule has 0 unspecified atom stereocenters. The Morgan fingerprint density at radius 1 is 1.20 bits per heavy atom. The first kappa shape index (κ1) is 20.5.